The Hall–Kier alpha value is -3.30. The second-order valence-corrected chi connectivity index (χ2v) is 8.07. The molecule has 0 bridgehead atoms. The van der Waals surface area contributed by atoms with Gasteiger partial charge in [0.2, 0.25) is 5.41 Å². The Labute approximate surface area is 180 Å². The van der Waals surface area contributed by atoms with E-state index < -0.39 is 41.2 Å². The van der Waals surface area contributed by atoms with Crippen LogP contribution < -0.4 is 5.32 Å². The van der Waals surface area contributed by atoms with Gasteiger partial charge in [0.15, 0.2) is 0 Å². The van der Waals surface area contributed by atoms with Crippen LogP contribution in [0.15, 0.2) is 30.3 Å². The number of alkyl carbamates (subject to hydrolysis) is 1. The van der Waals surface area contributed by atoms with E-state index in [1.54, 1.807) is 45.0 Å². The van der Waals surface area contributed by atoms with Gasteiger partial charge in [-0.05, 0) is 26.3 Å². The van der Waals surface area contributed by atoms with Crippen LogP contribution in [0.1, 0.15) is 26.3 Å². The molecule has 10 heteroatoms. The lowest BCUT2D eigenvalue weighted by atomic mass is 9.83. The molecule has 1 heterocycles. The van der Waals surface area contributed by atoms with E-state index in [9.17, 15) is 19.2 Å². The molecular formula is C21H28N2O8. The van der Waals surface area contributed by atoms with Gasteiger partial charge in [-0.3, -0.25) is 9.59 Å². The van der Waals surface area contributed by atoms with E-state index in [4.69, 9.17) is 18.9 Å². The average molecular weight is 436 g/mol. The van der Waals surface area contributed by atoms with Crippen LogP contribution in [0.25, 0.3) is 0 Å². The molecule has 1 aliphatic rings. The minimum atomic E-state index is -1.97. The van der Waals surface area contributed by atoms with E-state index in [0.29, 0.717) is 0 Å². The van der Waals surface area contributed by atoms with Gasteiger partial charge < -0.3 is 29.2 Å². The first-order valence-corrected chi connectivity index (χ1v) is 9.65. The Balaban J connectivity index is 2.24. The summed E-state index contributed by atoms with van der Waals surface area (Å²) in [6, 6.07) is 7.83. The van der Waals surface area contributed by atoms with Crippen LogP contribution in [-0.4, -0.2) is 68.0 Å². The number of nitrogens with one attached hydrogen (secondary N) is 1. The summed E-state index contributed by atoms with van der Waals surface area (Å²) >= 11 is 0. The lowest BCUT2D eigenvalue weighted by molar-refractivity contribution is -0.169. The lowest BCUT2D eigenvalue weighted by Gasteiger charge is -2.28. The van der Waals surface area contributed by atoms with Crippen molar-refractivity contribution in [3.8, 4) is 0 Å². The highest BCUT2D eigenvalue weighted by molar-refractivity contribution is 6.03. The van der Waals surface area contributed by atoms with Gasteiger partial charge in [0.05, 0.1) is 26.8 Å². The SMILES string of the molecule is COC(=O)C1(C(=O)OC)CN(C(=O)OC(C)(C)C)CC1NC(=O)OCc1ccccc1. The minimum Gasteiger partial charge on any atom is -0.468 e. The predicted octanol–water partition coefficient (Wildman–Crippen LogP) is 1.86. The second kappa shape index (κ2) is 9.67. The number of hydrogen-bond acceptors (Lipinski definition) is 8. The Bertz CT molecular complexity index is 802. The zero-order valence-corrected chi connectivity index (χ0v) is 18.3. The van der Waals surface area contributed by atoms with Gasteiger partial charge in [-0.1, -0.05) is 30.3 Å². The normalized spacial score (nSPS) is 17.5. The molecule has 10 nitrogen and oxygen atoms in total. The zero-order chi connectivity index (χ0) is 23.2. The van der Waals surface area contributed by atoms with Crippen LogP contribution >= 0.6 is 0 Å². The third-order valence-electron chi connectivity index (χ3n) is 4.69. The number of methoxy groups -OCH3 is 2. The van der Waals surface area contributed by atoms with Crippen molar-refractivity contribution in [3.63, 3.8) is 0 Å². The lowest BCUT2D eigenvalue weighted by Crippen LogP contribution is -2.56. The van der Waals surface area contributed by atoms with Crippen molar-refractivity contribution in [2.24, 2.45) is 5.41 Å². The van der Waals surface area contributed by atoms with Crippen molar-refractivity contribution in [2.45, 2.75) is 39.0 Å². The van der Waals surface area contributed by atoms with E-state index in [0.717, 1.165) is 24.7 Å². The molecule has 170 valence electrons. The van der Waals surface area contributed by atoms with E-state index in [-0.39, 0.29) is 19.7 Å². The van der Waals surface area contributed by atoms with Crippen molar-refractivity contribution < 1.29 is 38.1 Å². The largest absolute Gasteiger partial charge is 0.468 e. The number of benzene rings is 1. The third-order valence-corrected chi connectivity index (χ3v) is 4.69. The molecule has 31 heavy (non-hydrogen) atoms. The molecule has 1 unspecified atom stereocenters. The fourth-order valence-corrected chi connectivity index (χ4v) is 3.25. The summed E-state index contributed by atoms with van der Waals surface area (Å²) in [4.78, 5) is 51.5. The molecule has 1 N–H and O–H groups in total. The number of likely N-dealkylation sites (tertiary alicyclic amines) is 1. The van der Waals surface area contributed by atoms with Crippen molar-refractivity contribution >= 4 is 24.1 Å². The monoisotopic (exact) mass is 436 g/mol. The van der Waals surface area contributed by atoms with Crippen LogP contribution in [0.5, 0.6) is 0 Å². The Kier molecular flexibility index (Phi) is 7.48. The van der Waals surface area contributed by atoms with Gasteiger partial charge in [0, 0.05) is 6.54 Å². The summed E-state index contributed by atoms with van der Waals surface area (Å²) in [7, 11) is 2.21. The van der Waals surface area contributed by atoms with Crippen LogP contribution in [0.2, 0.25) is 0 Å². The number of carbonyl (C=O) groups excluding carboxylic acids is 4. The van der Waals surface area contributed by atoms with Gasteiger partial charge in [0.25, 0.3) is 0 Å². The fourth-order valence-electron chi connectivity index (χ4n) is 3.25. The quantitative estimate of drug-likeness (QED) is 0.422. The first kappa shape index (κ1) is 24.0. The van der Waals surface area contributed by atoms with Crippen molar-refractivity contribution in [1.29, 1.82) is 0 Å². The minimum absolute atomic E-state index is 0.0153. The standard InChI is InChI=1S/C21H28N2O8/c1-20(2,3)31-19(27)23-11-15(21(13-23,16(24)28-4)17(25)29-5)22-18(26)30-12-14-9-7-6-8-10-14/h6-10,15H,11-13H2,1-5H3,(H,22,26). The fraction of sp³-hybridized carbons (Fsp3) is 0.524. The molecule has 1 aromatic rings. The number of rotatable bonds is 5. The van der Waals surface area contributed by atoms with Crippen LogP contribution in [0.4, 0.5) is 9.59 Å². The Morgan fingerprint density at radius 3 is 2.16 bits per heavy atom. The molecule has 0 spiro atoms. The molecule has 1 atom stereocenters. The number of esters is 2. The molecule has 2 amide bonds. The van der Waals surface area contributed by atoms with Gasteiger partial charge in [-0.25, -0.2) is 9.59 Å². The summed E-state index contributed by atoms with van der Waals surface area (Å²) in [5, 5.41) is 2.51. The maximum absolute atomic E-state index is 12.7. The summed E-state index contributed by atoms with van der Waals surface area (Å²) in [6.07, 6.45) is -1.61. The summed E-state index contributed by atoms with van der Waals surface area (Å²) in [5.41, 5.74) is -2.01. The van der Waals surface area contributed by atoms with Gasteiger partial charge in [0.1, 0.15) is 12.2 Å². The number of nitrogens with zero attached hydrogens (tertiary/aromatic N) is 1. The van der Waals surface area contributed by atoms with Crippen molar-refractivity contribution in [3.05, 3.63) is 35.9 Å². The maximum Gasteiger partial charge on any atom is 0.410 e. The number of ether oxygens (including phenoxy) is 4. The first-order chi connectivity index (χ1) is 14.5. The maximum atomic E-state index is 12.7. The van der Waals surface area contributed by atoms with Crippen LogP contribution in [-0.2, 0) is 35.1 Å². The topological polar surface area (TPSA) is 120 Å². The smallest absolute Gasteiger partial charge is 0.410 e. The van der Waals surface area contributed by atoms with Gasteiger partial charge in [-0.15, -0.1) is 0 Å². The highest BCUT2D eigenvalue weighted by Gasteiger charge is 2.62. The zero-order valence-electron chi connectivity index (χ0n) is 18.3. The Morgan fingerprint density at radius 2 is 1.65 bits per heavy atom. The van der Waals surface area contributed by atoms with Crippen LogP contribution in [0, 0.1) is 5.41 Å². The molecular weight excluding hydrogens is 408 g/mol. The van der Waals surface area contributed by atoms with Crippen molar-refractivity contribution in [2.75, 3.05) is 27.3 Å². The highest BCUT2D eigenvalue weighted by atomic mass is 16.6. The first-order valence-electron chi connectivity index (χ1n) is 9.65. The molecule has 2 rings (SSSR count). The van der Waals surface area contributed by atoms with Gasteiger partial charge in [-0.2, -0.15) is 0 Å². The molecule has 0 saturated carbocycles. The summed E-state index contributed by atoms with van der Waals surface area (Å²) in [6.45, 7) is 4.48. The predicted molar refractivity (Wildman–Crippen MR) is 108 cm³/mol. The summed E-state index contributed by atoms with van der Waals surface area (Å²) < 4.78 is 20.2. The number of amides is 2. The molecule has 1 fully saturated rings. The molecule has 0 aliphatic carbocycles. The number of hydrogen-bond donors (Lipinski definition) is 1. The second-order valence-electron chi connectivity index (χ2n) is 8.07. The molecule has 0 radical (unpaired) electrons. The van der Waals surface area contributed by atoms with Crippen LogP contribution in [0.3, 0.4) is 0 Å². The molecule has 1 saturated heterocycles. The highest BCUT2D eigenvalue weighted by Crippen LogP contribution is 2.35. The molecule has 0 aromatic heterocycles. The van der Waals surface area contributed by atoms with E-state index >= 15 is 0 Å². The van der Waals surface area contributed by atoms with Crippen molar-refractivity contribution in [1.82, 2.24) is 10.2 Å². The molecule has 1 aliphatic heterocycles. The summed E-state index contributed by atoms with van der Waals surface area (Å²) in [5.74, 6) is -1.89. The van der Waals surface area contributed by atoms with E-state index in [1.165, 1.54) is 0 Å². The van der Waals surface area contributed by atoms with Gasteiger partial charge >= 0.3 is 24.1 Å². The molecule has 1 aromatic carbocycles. The average Bonchev–Trinajstić information content (AvgIpc) is 3.11. The van der Waals surface area contributed by atoms with E-state index in [2.05, 4.69) is 5.32 Å². The third kappa shape index (κ3) is 5.65. The number of carbonyl (C=O) groups is 4. The Morgan fingerprint density at radius 1 is 1.06 bits per heavy atom. The van der Waals surface area contributed by atoms with E-state index in [1.807, 2.05) is 6.07 Å².